The van der Waals surface area contributed by atoms with E-state index < -0.39 is 11.3 Å². The highest BCUT2D eigenvalue weighted by Crippen LogP contribution is 2.27. The van der Waals surface area contributed by atoms with E-state index in [1.165, 1.54) is 12.1 Å². The molecular weight excluding hydrogens is 365 g/mol. The molecule has 1 N–H and O–H groups in total. The van der Waals surface area contributed by atoms with Gasteiger partial charge in [-0.15, -0.1) is 0 Å². The minimum absolute atomic E-state index is 0.121. The Morgan fingerprint density at radius 1 is 1.16 bits per heavy atom. The Hall–Kier alpha value is -2.50. The SMILES string of the molecule is CCOc1ccc(NC(=O)c2cc(=O)c3cc(Cl)cc(Cl)c3o2)cc1. The van der Waals surface area contributed by atoms with Crippen molar-refractivity contribution in [1.29, 1.82) is 0 Å². The first-order valence-electron chi connectivity index (χ1n) is 7.45. The Morgan fingerprint density at radius 2 is 1.88 bits per heavy atom. The van der Waals surface area contributed by atoms with Crippen LogP contribution in [0.3, 0.4) is 0 Å². The highest BCUT2D eigenvalue weighted by molar-refractivity contribution is 6.38. The number of fused-ring (bicyclic) bond motifs is 1. The summed E-state index contributed by atoms with van der Waals surface area (Å²) < 4.78 is 10.8. The summed E-state index contributed by atoms with van der Waals surface area (Å²) >= 11 is 11.9. The highest BCUT2D eigenvalue weighted by Gasteiger charge is 2.15. The van der Waals surface area contributed by atoms with E-state index in [-0.39, 0.29) is 21.8 Å². The summed E-state index contributed by atoms with van der Waals surface area (Å²) in [6.07, 6.45) is 0. The zero-order chi connectivity index (χ0) is 18.0. The number of ether oxygens (including phenoxy) is 1. The molecule has 0 bridgehead atoms. The predicted molar refractivity (Wildman–Crippen MR) is 98.1 cm³/mol. The van der Waals surface area contributed by atoms with Gasteiger partial charge in [-0.1, -0.05) is 23.2 Å². The lowest BCUT2D eigenvalue weighted by Crippen LogP contribution is -2.15. The fourth-order valence-electron chi connectivity index (χ4n) is 2.29. The first-order chi connectivity index (χ1) is 12.0. The second kappa shape index (κ2) is 7.17. The molecule has 2 aromatic carbocycles. The van der Waals surface area contributed by atoms with Gasteiger partial charge in [0.05, 0.1) is 17.0 Å². The topological polar surface area (TPSA) is 68.5 Å². The van der Waals surface area contributed by atoms with Gasteiger partial charge in [0.1, 0.15) is 5.75 Å². The summed E-state index contributed by atoms with van der Waals surface area (Å²) in [4.78, 5) is 24.6. The molecule has 1 amide bonds. The minimum Gasteiger partial charge on any atom is -0.494 e. The van der Waals surface area contributed by atoms with E-state index in [1.807, 2.05) is 6.92 Å². The number of hydrogen-bond acceptors (Lipinski definition) is 4. The monoisotopic (exact) mass is 377 g/mol. The summed E-state index contributed by atoms with van der Waals surface area (Å²) in [6, 6.07) is 10.8. The van der Waals surface area contributed by atoms with Crippen molar-refractivity contribution in [3.8, 4) is 5.75 Å². The second-order valence-electron chi connectivity index (χ2n) is 5.15. The van der Waals surface area contributed by atoms with Crippen LogP contribution in [0, 0.1) is 0 Å². The highest BCUT2D eigenvalue weighted by atomic mass is 35.5. The number of carbonyl (C=O) groups is 1. The van der Waals surface area contributed by atoms with Gasteiger partial charge in [0.2, 0.25) is 0 Å². The Morgan fingerprint density at radius 3 is 2.56 bits per heavy atom. The molecule has 25 heavy (non-hydrogen) atoms. The van der Waals surface area contributed by atoms with Crippen molar-refractivity contribution in [3.05, 3.63) is 68.5 Å². The molecule has 3 aromatic rings. The van der Waals surface area contributed by atoms with E-state index in [0.717, 1.165) is 6.07 Å². The van der Waals surface area contributed by atoms with Crippen molar-refractivity contribution >= 4 is 45.8 Å². The summed E-state index contributed by atoms with van der Waals surface area (Å²) in [5, 5.41) is 3.35. The molecule has 128 valence electrons. The molecule has 0 saturated carbocycles. The third-order valence-corrected chi connectivity index (χ3v) is 3.89. The molecule has 3 rings (SSSR count). The number of hydrogen-bond donors (Lipinski definition) is 1. The Balaban J connectivity index is 1.90. The van der Waals surface area contributed by atoms with Crippen LogP contribution in [0.15, 0.2) is 51.7 Å². The molecular formula is C18H13Cl2NO4. The second-order valence-corrected chi connectivity index (χ2v) is 5.99. The van der Waals surface area contributed by atoms with Crippen molar-refractivity contribution in [2.75, 3.05) is 11.9 Å². The average Bonchev–Trinajstić information content (AvgIpc) is 2.57. The van der Waals surface area contributed by atoms with Crippen molar-refractivity contribution in [1.82, 2.24) is 0 Å². The van der Waals surface area contributed by atoms with Gasteiger partial charge in [-0.2, -0.15) is 0 Å². The zero-order valence-corrected chi connectivity index (χ0v) is 14.6. The summed E-state index contributed by atoms with van der Waals surface area (Å²) in [5.41, 5.74) is 0.260. The van der Waals surface area contributed by atoms with Gasteiger partial charge in [0.25, 0.3) is 5.91 Å². The number of halogens is 2. The van der Waals surface area contributed by atoms with Crippen LogP contribution < -0.4 is 15.5 Å². The molecule has 0 fully saturated rings. The molecule has 0 unspecified atom stereocenters. The lowest BCUT2D eigenvalue weighted by molar-refractivity contribution is 0.0997. The molecule has 1 aromatic heterocycles. The predicted octanol–water partition coefficient (Wildman–Crippen LogP) is 4.75. The number of anilines is 1. The fourth-order valence-corrected chi connectivity index (χ4v) is 2.82. The number of amides is 1. The number of benzene rings is 2. The molecule has 0 radical (unpaired) electrons. The summed E-state index contributed by atoms with van der Waals surface area (Å²) in [6.45, 7) is 2.44. The van der Waals surface area contributed by atoms with Gasteiger partial charge in [-0.3, -0.25) is 9.59 Å². The van der Waals surface area contributed by atoms with Crippen LogP contribution in [0.4, 0.5) is 5.69 Å². The van der Waals surface area contributed by atoms with Gasteiger partial charge >= 0.3 is 0 Å². The lowest BCUT2D eigenvalue weighted by Gasteiger charge is -2.08. The normalized spacial score (nSPS) is 10.7. The van der Waals surface area contributed by atoms with Crippen molar-refractivity contribution < 1.29 is 13.9 Å². The molecule has 0 spiro atoms. The fraction of sp³-hybridized carbons (Fsp3) is 0.111. The third-order valence-electron chi connectivity index (χ3n) is 3.40. The number of carbonyl (C=O) groups excluding carboxylic acids is 1. The van der Waals surface area contributed by atoms with Gasteiger partial charge < -0.3 is 14.5 Å². The largest absolute Gasteiger partial charge is 0.494 e. The van der Waals surface area contributed by atoms with Crippen LogP contribution in [0.25, 0.3) is 11.0 Å². The molecule has 0 aliphatic rings. The molecule has 0 saturated heterocycles. The zero-order valence-electron chi connectivity index (χ0n) is 13.1. The molecule has 5 nitrogen and oxygen atoms in total. The van der Waals surface area contributed by atoms with Crippen LogP contribution >= 0.6 is 23.2 Å². The maximum Gasteiger partial charge on any atom is 0.291 e. The van der Waals surface area contributed by atoms with E-state index in [2.05, 4.69) is 5.32 Å². The maximum atomic E-state index is 12.4. The Kier molecular flexibility index (Phi) is 4.97. The summed E-state index contributed by atoms with van der Waals surface area (Å²) in [5.74, 6) is -0.00817. The molecule has 7 heteroatoms. The van der Waals surface area contributed by atoms with Crippen molar-refractivity contribution in [3.63, 3.8) is 0 Å². The van der Waals surface area contributed by atoms with Gasteiger partial charge in [-0.25, -0.2) is 0 Å². The maximum absolute atomic E-state index is 12.4. The Bertz CT molecular complexity index is 996. The van der Waals surface area contributed by atoms with E-state index in [4.69, 9.17) is 32.4 Å². The van der Waals surface area contributed by atoms with Crippen molar-refractivity contribution in [2.24, 2.45) is 0 Å². The van der Waals surface area contributed by atoms with Crippen LogP contribution in [0.2, 0.25) is 10.0 Å². The Labute approximate surface area is 153 Å². The minimum atomic E-state index is -0.561. The first-order valence-corrected chi connectivity index (χ1v) is 8.20. The molecule has 1 heterocycles. The quantitative estimate of drug-likeness (QED) is 0.711. The molecule has 0 aliphatic carbocycles. The van der Waals surface area contributed by atoms with Crippen LogP contribution in [-0.2, 0) is 0 Å². The van der Waals surface area contributed by atoms with Crippen LogP contribution in [0.1, 0.15) is 17.5 Å². The smallest absolute Gasteiger partial charge is 0.291 e. The lowest BCUT2D eigenvalue weighted by atomic mass is 10.2. The summed E-state index contributed by atoms with van der Waals surface area (Å²) in [7, 11) is 0. The van der Waals surface area contributed by atoms with Crippen LogP contribution in [-0.4, -0.2) is 12.5 Å². The van der Waals surface area contributed by atoms with Crippen molar-refractivity contribution in [2.45, 2.75) is 6.92 Å². The van der Waals surface area contributed by atoms with Gasteiger partial charge in [0.15, 0.2) is 16.8 Å². The van der Waals surface area contributed by atoms with Gasteiger partial charge in [0, 0.05) is 16.8 Å². The van der Waals surface area contributed by atoms with Crippen LogP contribution in [0.5, 0.6) is 5.75 Å². The number of nitrogens with one attached hydrogen (secondary N) is 1. The first kappa shape index (κ1) is 17.3. The third kappa shape index (κ3) is 3.78. The van der Waals surface area contributed by atoms with E-state index in [1.54, 1.807) is 24.3 Å². The molecule has 0 atom stereocenters. The van der Waals surface area contributed by atoms with E-state index in [9.17, 15) is 9.59 Å². The van der Waals surface area contributed by atoms with E-state index in [0.29, 0.717) is 23.1 Å². The molecule has 0 aliphatic heterocycles. The van der Waals surface area contributed by atoms with E-state index >= 15 is 0 Å². The standard InChI is InChI=1S/C18H13Cl2NO4/c1-2-24-12-5-3-11(4-6-12)21-18(23)16-9-15(22)13-7-10(19)8-14(20)17(13)25-16/h3-9H,2H2,1H3,(H,21,23). The number of rotatable bonds is 4. The van der Waals surface area contributed by atoms with Gasteiger partial charge in [-0.05, 0) is 43.3 Å². The average molecular weight is 378 g/mol.